The van der Waals surface area contributed by atoms with Gasteiger partial charge >= 0.3 is 11.9 Å². The fraction of sp³-hybridized carbons (Fsp3) is 0.421. The summed E-state index contributed by atoms with van der Waals surface area (Å²) < 4.78 is 4.74. The second-order valence-corrected chi connectivity index (χ2v) is 6.13. The summed E-state index contributed by atoms with van der Waals surface area (Å²) in [6.45, 7) is 5.01. The number of rotatable bonds is 9. The van der Waals surface area contributed by atoms with Crippen molar-refractivity contribution in [1.82, 2.24) is 4.90 Å². The van der Waals surface area contributed by atoms with Gasteiger partial charge in [-0.3, -0.25) is 4.79 Å². The highest BCUT2D eigenvalue weighted by atomic mass is 16.5. The molecule has 0 spiro atoms. The predicted octanol–water partition coefficient (Wildman–Crippen LogP) is 0.905. The van der Waals surface area contributed by atoms with Crippen LogP contribution in [0.3, 0.4) is 0 Å². The van der Waals surface area contributed by atoms with Crippen LogP contribution in [0, 0.1) is 0 Å². The van der Waals surface area contributed by atoms with Gasteiger partial charge in [-0.25, -0.2) is 9.59 Å². The molecule has 0 fully saturated rings. The smallest absolute Gasteiger partial charge is 0.337 e. The highest BCUT2D eigenvalue weighted by Gasteiger charge is 2.34. The number of aromatic carboxylic acids is 1. The van der Waals surface area contributed by atoms with Crippen LogP contribution >= 0.6 is 0 Å². The van der Waals surface area contributed by atoms with Crippen LogP contribution in [0.2, 0.25) is 0 Å². The molecule has 1 aromatic carbocycles. The van der Waals surface area contributed by atoms with Gasteiger partial charge in [-0.2, -0.15) is 0 Å². The zero-order valence-corrected chi connectivity index (χ0v) is 16.2. The minimum absolute atomic E-state index is 0.0116. The van der Waals surface area contributed by atoms with E-state index < -0.39 is 17.8 Å². The molecule has 0 bridgehead atoms. The monoisotopic (exact) mass is 391 g/mol. The third kappa shape index (κ3) is 4.25. The van der Waals surface area contributed by atoms with Gasteiger partial charge in [-0.1, -0.05) is 0 Å². The van der Waals surface area contributed by atoms with Crippen LogP contribution in [0.4, 0.5) is 11.4 Å². The molecule has 0 aromatic heterocycles. The molecule has 3 N–H and O–H groups in total. The molecule has 0 atom stereocenters. The van der Waals surface area contributed by atoms with E-state index in [0.717, 1.165) is 0 Å². The van der Waals surface area contributed by atoms with Crippen molar-refractivity contribution in [3.8, 4) is 0 Å². The van der Waals surface area contributed by atoms with E-state index in [1.54, 1.807) is 12.1 Å². The Labute approximate surface area is 163 Å². The maximum Gasteiger partial charge on any atom is 0.337 e. The second-order valence-electron chi connectivity index (χ2n) is 6.13. The zero-order chi connectivity index (χ0) is 20.8. The fourth-order valence-corrected chi connectivity index (χ4v) is 3.12. The Bertz CT molecular complexity index is 801. The number of methoxy groups -OCH3 is 1. The second kappa shape index (κ2) is 9.23. The molecular formula is C19H25N3O6. The summed E-state index contributed by atoms with van der Waals surface area (Å²) in [5, 5.41) is 21.6. The van der Waals surface area contributed by atoms with Crippen molar-refractivity contribution in [3.63, 3.8) is 0 Å². The van der Waals surface area contributed by atoms with E-state index in [4.69, 9.17) is 9.84 Å². The Hall–Kier alpha value is -3.07. The molecular weight excluding hydrogens is 366 g/mol. The summed E-state index contributed by atoms with van der Waals surface area (Å²) in [5.41, 5.74) is 1.18. The molecule has 28 heavy (non-hydrogen) atoms. The number of ether oxygens (including phenoxy) is 1. The first-order valence-electron chi connectivity index (χ1n) is 8.98. The van der Waals surface area contributed by atoms with E-state index in [2.05, 4.69) is 5.32 Å². The van der Waals surface area contributed by atoms with Crippen LogP contribution in [-0.4, -0.2) is 72.9 Å². The lowest BCUT2D eigenvalue weighted by Gasteiger charge is -2.23. The van der Waals surface area contributed by atoms with E-state index >= 15 is 0 Å². The Balaban J connectivity index is 2.41. The Kier molecular flexibility index (Phi) is 7.00. The van der Waals surface area contributed by atoms with E-state index in [-0.39, 0.29) is 36.5 Å². The molecule has 1 amide bonds. The summed E-state index contributed by atoms with van der Waals surface area (Å²) in [4.78, 5) is 39.6. The largest absolute Gasteiger partial charge is 0.478 e. The predicted molar refractivity (Wildman–Crippen MR) is 103 cm³/mol. The Morgan fingerprint density at radius 3 is 2.50 bits per heavy atom. The maximum atomic E-state index is 12.6. The normalized spacial score (nSPS) is 13.7. The lowest BCUT2D eigenvalue weighted by atomic mass is 10.1. The SMILES string of the molecule is CCN(CC)c1ccc(NC2=C(C(=O)OC)CN(CCO)C2=O)cc1C(=O)O. The third-order valence-corrected chi connectivity index (χ3v) is 4.55. The van der Waals surface area contributed by atoms with Crippen LogP contribution < -0.4 is 10.2 Å². The van der Waals surface area contributed by atoms with Crippen molar-refractivity contribution < 1.29 is 29.3 Å². The number of carbonyl (C=O) groups is 3. The number of aliphatic hydroxyl groups is 1. The van der Waals surface area contributed by atoms with Gasteiger partial charge in [0.15, 0.2) is 0 Å². The first-order chi connectivity index (χ1) is 13.4. The maximum absolute atomic E-state index is 12.6. The van der Waals surface area contributed by atoms with Gasteiger partial charge in [-0.15, -0.1) is 0 Å². The number of hydrogen-bond donors (Lipinski definition) is 3. The molecule has 1 aliphatic heterocycles. The molecule has 1 aromatic rings. The van der Waals surface area contributed by atoms with Crippen molar-refractivity contribution in [1.29, 1.82) is 0 Å². The van der Waals surface area contributed by atoms with E-state index in [0.29, 0.717) is 24.5 Å². The molecule has 0 unspecified atom stereocenters. The number of carboxylic acid groups (broad SMARTS) is 1. The molecule has 0 saturated carbocycles. The minimum Gasteiger partial charge on any atom is -0.478 e. The van der Waals surface area contributed by atoms with Gasteiger partial charge < -0.3 is 30.1 Å². The summed E-state index contributed by atoms with van der Waals surface area (Å²) in [6.07, 6.45) is 0. The van der Waals surface area contributed by atoms with Crippen LogP contribution in [0.1, 0.15) is 24.2 Å². The summed E-state index contributed by atoms with van der Waals surface area (Å²) in [7, 11) is 1.22. The van der Waals surface area contributed by atoms with Crippen molar-refractivity contribution >= 4 is 29.2 Å². The average Bonchev–Trinajstić information content (AvgIpc) is 2.99. The number of nitrogens with zero attached hydrogens (tertiary/aromatic N) is 2. The number of carboxylic acids is 1. The van der Waals surface area contributed by atoms with Gasteiger partial charge in [0, 0.05) is 25.3 Å². The van der Waals surface area contributed by atoms with Gasteiger partial charge in [0.25, 0.3) is 5.91 Å². The lowest BCUT2D eigenvalue weighted by Crippen LogP contribution is -2.31. The van der Waals surface area contributed by atoms with E-state index in [1.165, 1.54) is 18.1 Å². The molecule has 152 valence electrons. The highest BCUT2D eigenvalue weighted by molar-refractivity contribution is 6.08. The van der Waals surface area contributed by atoms with Crippen LogP contribution in [0.15, 0.2) is 29.5 Å². The first kappa shape index (κ1) is 21.2. The quantitative estimate of drug-likeness (QED) is 0.531. The standard InChI is InChI=1S/C19H25N3O6/c1-4-21(5-2)15-7-6-12(10-13(15)18(25)26)20-16-14(19(27)28-3)11-22(8-9-23)17(16)24/h6-7,10,20,23H,4-5,8-9,11H2,1-3H3,(H,25,26). The van der Waals surface area contributed by atoms with Gasteiger partial charge in [0.1, 0.15) is 5.70 Å². The molecule has 9 heteroatoms. The van der Waals surface area contributed by atoms with Crippen molar-refractivity contribution in [2.75, 3.05) is 50.1 Å². The molecule has 0 aliphatic carbocycles. The number of β-amino-alcohol motifs (C(OH)–C–C–N with tert-alkyl or cyclic N) is 1. The van der Waals surface area contributed by atoms with Gasteiger partial charge in [0.2, 0.25) is 0 Å². The van der Waals surface area contributed by atoms with Crippen molar-refractivity contribution in [2.24, 2.45) is 0 Å². The highest BCUT2D eigenvalue weighted by Crippen LogP contribution is 2.28. The average molecular weight is 391 g/mol. The number of nitrogens with one attached hydrogen (secondary N) is 1. The molecule has 1 heterocycles. The van der Waals surface area contributed by atoms with E-state index in [9.17, 15) is 19.5 Å². The summed E-state index contributed by atoms with van der Waals surface area (Å²) in [6, 6.07) is 4.76. The van der Waals surface area contributed by atoms with Crippen LogP contribution in [0.25, 0.3) is 0 Å². The number of hydrogen-bond acceptors (Lipinski definition) is 7. The van der Waals surface area contributed by atoms with Crippen molar-refractivity contribution in [2.45, 2.75) is 13.8 Å². The Morgan fingerprint density at radius 2 is 1.96 bits per heavy atom. The number of anilines is 2. The molecule has 1 aliphatic rings. The molecule has 2 rings (SSSR count). The number of amides is 1. The topological polar surface area (TPSA) is 119 Å². The minimum atomic E-state index is -1.09. The van der Waals surface area contributed by atoms with Gasteiger partial charge in [-0.05, 0) is 32.0 Å². The number of esters is 1. The first-order valence-corrected chi connectivity index (χ1v) is 8.98. The third-order valence-electron chi connectivity index (χ3n) is 4.55. The number of aliphatic hydroxyl groups excluding tert-OH is 1. The lowest BCUT2D eigenvalue weighted by molar-refractivity contribution is -0.136. The summed E-state index contributed by atoms with van der Waals surface area (Å²) in [5.74, 6) is -2.21. The number of benzene rings is 1. The van der Waals surface area contributed by atoms with Crippen LogP contribution in [0.5, 0.6) is 0 Å². The Morgan fingerprint density at radius 1 is 1.29 bits per heavy atom. The molecule has 9 nitrogen and oxygen atoms in total. The number of carbonyl (C=O) groups excluding carboxylic acids is 2. The molecule has 0 radical (unpaired) electrons. The van der Waals surface area contributed by atoms with E-state index in [1.807, 2.05) is 18.7 Å². The zero-order valence-electron chi connectivity index (χ0n) is 16.2. The fourth-order valence-electron chi connectivity index (χ4n) is 3.12. The van der Waals surface area contributed by atoms with Gasteiger partial charge in [0.05, 0.1) is 37.1 Å². The summed E-state index contributed by atoms with van der Waals surface area (Å²) >= 11 is 0. The molecule has 0 saturated heterocycles. The van der Waals surface area contributed by atoms with Crippen molar-refractivity contribution in [3.05, 3.63) is 35.0 Å². The van der Waals surface area contributed by atoms with Crippen LogP contribution in [-0.2, 0) is 14.3 Å².